The Hall–Kier alpha value is -1.36. The van der Waals surface area contributed by atoms with Gasteiger partial charge in [0.1, 0.15) is 6.61 Å². The lowest BCUT2D eigenvalue weighted by Crippen LogP contribution is -2.10. The van der Waals surface area contributed by atoms with Crippen LogP contribution in [0.4, 0.5) is 0 Å². The predicted molar refractivity (Wildman–Crippen MR) is 46.3 cm³/mol. The summed E-state index contributed by atoms with van der Waals surface area (Å²) in [6.07, 6.45) is 0.833. The van der Waals surface area contributed by atoms with Crippen LogP contribution in [0.5, 0.6) is 0 Å². The first kappa shape index (κ1) is 14.2. The van der Waals surface area contributed by atoms with Crippen LogP contribution in [0.2, 0.25) is 0 Å². The molecule has 0 saturated carbocycles. The van der Waals surface area contributed by atoms with Crippen molar-refractivity contribution in [2.24, 2.45) is 0 Å². The predicted octanol–water partition coefficient (Wildman–Crippen LogP) is 0.453. The van der Waals surface area contributed by atoms with E-state index in [9.17, 15) is 9.59 Å². The highest BCUT2D eigenvalue weighted by atomic mass is 16.6. The van der Waals surface area contributed by atoms with E-state index >= 15 is 0 Å². The van der Waals surface area contributed by atoms with Crippen molar-refractivity contribution < 1.29 is 24.2 Å². The van der Waals surface area contributed by atoms with E-state index in [2.05, 4.69) is 16.1 Å². The molecule has 0 rings (SSSR count). The number of carboxylic acid groups (broad SMARTS) is 1. The van der Waals surface area contributed by atoms with Gasteiger partial charge in [-0.05, 0) is 6.92 Å². The summed E-state index contributed by atoms with van der Waals surface area (Å²) >= 11 is 0. The lowest BCUT2D eigenvalue weighted by molar-refractivity contribution is -0.147. The number of carboxylic acids is 1. The molecule has 0 aromatic rings. The van der Waals surface area contributed by atoms with E-state index in [-0.39, 0.29) is 12.6 Å². The minimum Gasteiger partial charge on any atom is -0.478 e. The van der Waals surface area contributed by atoms with Crippen molar-refractivity contribution in [3.63, 3.8) is 0 Å². The Morgan fingerprint density at radius 2 is 2.00 bits per heavy atom. The first-order valence-corrected chi connectivity index (χ1v) is 3.58. The van der Waals surface area contributed by atoms with Gasteiger partial charge in [-0.15, -0.1) is 0 Å². The van der Waals surface area contributed by atoms with E-state index < -0.39 is 5.97 Å². The fraction of sp³-hybridized carbons (Fsp3) is 0.500. The second-order valence-electron chi connectivity index (χ2n) is 1.78. The number of rotatable bonds is 4. The Morgan fingerprint density at radius 1 is 1.54 bits per heavy atom. The standard InChI is InChI=1S/C5H10O3.C3H4O2/c1-3-8-5(6)4-7-2;1-2-3(4)5/h3-4H2,1-2H3;2H,1H2,(H,4,5). The van der Waals surface area contributed by atoms with Crippen molar-refractivity contribution in [1.82, 2.24) is 0 Å². The zero-order chi connectivity index (χ0) is 10.7. The topological polar surface area (TPSA) is 72.8 Å². The third-order valence-corrected chi connectivity index (χ3v) is 0.742. The van der Waals surface area contributed by atoms with Gasteiger partial charge < -0.3 is 14.6 Å². The van der Waals surface area contributed by atoms with Gasteiger partial charge in [-0.3, -0.25) is 0 Å². The Balaban J connectivity index is 0. The maximum atomic E-state index is 10.3. The lowest BCUT2D eigenvalue weighted by atomic mass is 10.7. The molecular formula is C8H14O5. The van der Waals surface area contributed by atoms with Crippen molar-refractivity contribution in [2.45, 2.75) is 6.92 Å². The summed E-state index contributed by atoms with van der Waals surface area (Å²) in [5.41, 5.74) is 0. The van der Waals surface area contributed by atoms with E-state index in [0.29, 0.717) is 6.61 Å². The maximum absolute atomic E-state index is 10.3. The summed E-state index contributed by atoms with van der Waals surface area (Å²) in [4.78, 5) is 19.5. The fourth-order valence-electron chi connectivity index (χ4n) is 0.321. The summed E-state index contributed by atoms with van der Waals surface area (Å²) in [6.45, 7) is 5.19. The van der Waals surface area contributed by atoms with E-state index in [0.717, 1.165) is 6.08 Å². The van der Waals surface area contributed by atoms with Crippen LogP contribution in [0.1, 0.15) is 6.92 Å². The molecule has 0 fully saturated rings. The van der Waals surface area contributed by atoms with Crippen molar-refractivity contribution in [3.05, 3.63) is 12.7 Å². The summed E-state index contributed by atoms with van der Waals surface area (Å²) in [6, 6.07) is 0. The molecule has 0 amide bonds. The van der Waals surface area contributed by atoms with Gasteiger partial charge in [-0.2, -0.15) is 0 Å². The van der Waals surface area contributed by atoms with Crippen LogP contribution in [0.3, 0.4) is 0 Å². The fourth-order valence-corrected chi connectivity index (χ4v) is 0.321. The van der Waals surface area contributed by atoms with E-state index in [1.807, 2.05) is 0 Å². The van der Waals surface area contributed by atoms with Gasteiger partial charge in [0.2, 0.25) is 0 Å². The lowest BCUT2D eigenvalue weighted by Gasteiger charge is -1.97. The Labute approximate surface area is 77.0 Å². The molecule has 0 spiro atoms. The zero-order valence-electron chi connectivity index (χ0n) is 7.78. The third kappa shape index (κ3) is 18.0. The van der Waals surface area contributed by atoms with Gasteiger partial charge in [-0.1, -0.05) is 6.58 Å². The monoisotopic (exact) mass is 190 g/mol. The average molecular weight is 190 g/mol. The molecule has 1 N–H and O–H groups in total. The summed E-state index contributed by atoms with van der Waals surface area (Å²) < 4.78 is 9.00. The van der Waals surface area contributed by atoms with Gasteiger partial charge >= 0.3 is 11.9 Å². The normalized spacial score (nSPS) is 7.85. The molecule has 0 aromatic heterocycles. The molecule has 0 aliphatic carbocycles. The molecule has 5 heteroatoms. The molecule has 0 saturated heterocycles. The number of carbonyl (C=O) groups excluding carboxylic acids is 1. The minimum atomic E-state index is -0.981. The van der Waals surface area contributed by atoms with E-state index in [1.54, 1.807) is 6.92 Å². The summed E-state index contributed by atoms with van der Waals surface area (Å²) in [5.74, 6) is -1.29. The van der Waals surface area contributed by atoms with Gasteiger partial charge in [0.15, 0.2) is 0 Å². The van der Waals surface area contributed by atoms with Crippen molar-refractivity contribution in [3.8, 4) is 0 Å². The number of methoxy groups -OCH3 is 1. The number of carbonyl (C=O) groups is 2. The third-order valence-electron chi connectivity index (χ3n) is 0.742. The Morgan fingerprint density at radius 3 is 2.23 bits per heavy atom. The number of ether oxygens (including phenoxy) is 2. The molecule has 0 aromatic carbocycles. The van der Waals surface area contributed by atoms with Gasteiger partial charge in [-0.25, -0.2) is 9.59 Å². The van der Waals surface area contributed by atoms with Crippen LogP contribution in [-0.2, 0) is 19.1 Å². The zero-order valence-corrected chi connectivity index (χ0v) is 7.78. The number of hydrogen-bond donors (Lipinski definition) is 1. The van der Waals surface area contributed by atoms with Crippen LogP contribution >= 0.6 is 0 Å². The second-order valence-corrected chi connectivity index (χ2v) is 1.78. The molecule has 0 aliphatic heterocycles. The SMILES string of the molecule is C=CC(=O)O.CCOC(=O)COC. The van der Waals surface area contributed by atoms with Crippen LogP contribution in [0, 0.1) is 0 Å². The largest absolute Gasteiger partial charge is 0.478 e. The maximum Gasteiger partial charge on any atom is 0.332 e. The van der Waals surface area contributed by atoms with Crippen LogP contribution in [-0.4, -0.2) is 37.4 Å². The van der Waals surface area contributed by atoms with Gasteiger partial charge in [0.25, 0.3) is 0 Å². The van der Waals surface area contributed by atoms with E-state index in [4.69, 9.17) is 5.11 Å². The van der Waals surface area contributed by atoms with Gasteiger partial charge in [0.05, 0.1) is 6.61 Å². The van der Waals surface area contributed by atoms with Crippen molar-refractivity contribution >= 4 is 11.9 Å². The number of aliphatic carboxylic acids is 1. The van der Waals surface area contributed by atoms with Crippen molar-refractivity contribution in [1.29, 1.82) is 0 Å². The molecule has 5 nitrogen and oxygen atoms in total. The van der Waals surface area contributed by atoms with Crippen LogP contribution in [0.15, 0.2) is 12.7 Å². The molecule has 0 aliphatic rings. The number of esters is 1. The molecule has 0 unspecified atom stereocenters. The minimum absolute atomic E-state index is 0.0494. The Kier molecular flexibility index (Phi) is 11.6. The highest BCUT2D eigenvalue weighted by Crippen LogP contribution is 1.76. The molecule has 0 bridgehead atoms. The molecule has 0 atom stereocenters. The first-order chi connectivity index (χ1) is 6.08. The second kappa shape index (κ2) is 10.6. The molecule has 0 radical (unpaired) electrons. The van der Waals surface area contributed by atoms with Crippen molar-refractivity contribution in [2.75, 3.05) is 20.3 Å². The smallest absolute Gasteiger partial charge is 0.332 e. The van der Waals surface area contributed by atoms with Crippen LogP contribution < -0.4 is 0 Å². The molecule has 13 heavy (non-hydrogen) atoms. The summed E-state index contributed by atoms with van der Waals surface area (Å²) in [5, 5.41) is 7.60. The molecular weight excluding hydrogens is 176 g/mol. The Bertz CT molecular complexity index is 156. The molecule has 76 valence electrons. The highest BCUT2D eigenvalue weighted by molar-refractivity contribution is 5.78. The number of hydrogen-bond acceptors (Lipinski definition) is 4. The van der Waals surface area contributed by atoms with Crippen LogP contribution in [0.25, 0.3) is 0 Å². The first-order valence-electron chi connectivity index (χ1n) is 3.58. The average Bonchev–Trinajstić information content (AvgIpc) is 2.06. The quantitative estimate of drug-likeness (QED) is 0.514. The molecule has 0 heterocycles. The summed E-state index contributed by atoms with van der Waals surface area (Å²) in [7, 11) is 1.46. The van der Waals surface area contributed by atoms with E-state index in [1.165, 1.54) is 7.11 Å². The van der Waals surface area contributed by atoms with Gasteiger partial charge in [0, 0.05) is 13.2 Å². The highest BCUT2D eigenvalue weighted by Gasteiger charge is 1.96.